The minimum absolute atomic E-state index is 0.109. The van der Waals surface area contributed by atoms with Gasteiger partial charge in [0.25, 0.3) is 0 Å². The molecule has 0 aromatic carbocycles. The third-order valence-electron chi connectivity index (χ3n) is 21.3. The number of carbonyl (C=O) groups excluding carboxylic acids is 4. The van der Waals surface area contributed by atoms with Crippen LogP contribution in [0.3, 0.4) is 0 Å². The molecule has 642 valence electrons. The molecule has 3 unspecified atom stereocenters. The number of phosphoric ester groups is 2. The van der Waals surface area contributed by atoms with Crippen molar-refractivity contribution in [1.29, 1.82) is 0 Å². The van der Waals surface area contributed by atoms with E-state index in [1.165, 1.54) is 295 Å². The fourth-order valence-electron chi connectivity index (χ4n) is 13.9. The summed E-state index contributed by atoms with van der Waals surface area (Å²) in [5.74, 6) is -0.418. The van der Waals surface area contributed by atoms with Crippen LogP contribution in [0.5, 0.6) is 0 Å². The van der Waals surface area contributed by atoms with Crippen LogP contribution in [0.1, 0.15) is 478 Å². The zero-order chi connectivity index (χ0) is 79.2. The van der Waals surface area contributed by atoms with Crippen LogP contribution in [0, 0.1) is 11.8 Å². The molecule has 108 heavy (non-hydrogen) atoms. The Bertz CT molecular complexity index is 2070. The Kier molecular flexibility index (Phi) is 78.8. The van der Waals surface area contributed by atoms with Crippen LogP contribution in [0.25, 0.3) is 0 Å². The van der Waals surface area contributed by atoms with Crippen molar-refractivity contribution in [3.63, 3.8) is 0 Å². The number of aliphatic hydroxyl groups is 1. The second kappa shape index (κ2) is 80.3. The van der Waals surface area contributed by atoms with Crippen LogP contribution in [-0.2, 0) is 65.4 Å². The first-order chi connectivity index (χ1) is 52.4. The Morgan fingerprint density at radius 2 is 0.472 bits per heavy atom. The predicted molar refractivity (Wildman–Crippen MR) is 446 cm³/mol. The van der Waals surface area contributed by atoms with Crippen LogP contribution in [-0.4, -0.2) is 96.7 Å². The third-order valence-corrected chi connectivity index (χ3v) is 23.2. The van der Waals surface area contributed by atoms with Gasteiger partial charge in [-0.15, -0.1) is 0 Å². The molecule has 0 aromatic heterocycles. The van der Waals surface area contributed by atoms with Crippen molar-refractivity contribution in [3.05, 3.63) is 0 Å². The van der Waals surface area contributed by atoms with Gasteiger partial charge < -0.3 is 33.8 Å². The maximum absolute atomic E-state index is 13.2. The molecule has 0 aliphatic rings. The molecule has 0 rings (SSSR count). The quantitative estimate of drug-likeness (QED) is 0.0222. The van der Waals surface area contributed by atoms with Gasteiger partial charge in [-0.1, -0.05) is 427 Å². The molecule has 0 spiro atoms. The summed E-state index contributed by atoms with van der Waals surface area (Å²) in [6.45, 7) is 9.79. The average molecular weight is 1580 g/mol. The lowest BCUT2D eigenvalue weighted by atomic mass is 9.99. The highest BCUT2D eigenvalue weighted by Crippen LogP contribution is 2.45. The zero-order valence-corrected chi connectivity index (χ0v) is 73.0. The molecule has 6 atom stereocenters. The van der Waals surface area contributed by atoms with Crippen LogP contribution in [0.2, 0.25) is 0 Å². The van der Waals surface area contributed by atoms with E-state index in [0.29, 0.717) is 25.7 Å². The number of aliphatic hydroxyl groups excluding tert-OH is 1. The van der Waals surface area contributed by atoms with Gasteiger partial charge in [0.15, 0.2) is 12.2 Å². The van der Waals surface area contributed by atoms with Crippen molar-refractivity contribution in [3.8, 4) is 0 Å². The molecule has 3 N–H and O–H groups in total. The summed E-state index contributed by atoms with van der Waals surface area (Å²) in [6.07, 6.45) is 73.4. The number of phosphoric acid groups is 2. The summed E-state index contributed by atoms with van der Waals surface area (Å²) in [5, 5.41) is 10.7. The van der Waals surface area contributed by atoms with Crippen LogP contribution >= 0.6 is 15.6 Å². The first kappa shape index (κ1) is 106. The van der Waals surface area contributed by atoms with Crippen molar-refractivity contribution in [1.82, 2.24) is 0 Å². The summed E-state index contributed by atoms with van der Waals surface area (Å²) in [5.41, 5.74) is 0. The highest BCUT2D eigenvalue weighted by Gasteiger charge is 2.31. The molecule has 0 fully saturated rings. The zero-order valence-electron chi connectivity index (χ0n) is 71.2. The molecular weight excluding hydrogens is 1400 g/mol. The van der Waals surface area contributed by atoms with Crippen molar-refractivity contribution in [2.24, 2.45) is 11.8 Å². The predicted octanol–water partition coefficient (Wildman–Crippen LogP) is 27.4. The summed E-state index contributed by atoms with van der Waals surface area (Å²) in [7, 11) is -9.93. The van der Waals surface area contributed by atoms with Crippen molar-refractivity contribution < 1.29 is 80.2 Å². The van der Waals surface area contributed by atoms with Gasteiger partial charge in [-0.2, -0.15) is 0 Å². The molecule has 0 aliphatic carbocycles. The lowest BCUT2D eigenvalue weighted by Crippen LogP contribution is -2.30. The van der Waals surface area contributed by atoms with E-state index in [2.05, 4.69) is 41.5 Å². The van der Waals surface area contributed by atoms with E-state index < -0.39 is 97.5 Å². The van der Waals surface area contributed by atoms with Gasteiger partial charge in [-0.05, 0) is 37.5 Å². The molecule has 0 saturated carbocycles. The smallest absolute Gasteiger partial charge is 0.462 e. The first-order valence-corrected chi connectivity index (χ1v) is 49.0. The first-order valence-electron chi connectivity index (χ1n) is 46.0. The molecule has 0 heterocycles. The van der Waals surface area contributed by atoms with Gasteiger partial charge in [0.1, 0.15) is 19.3 Å². The molecule has 0 saturated heterocycles. The molecule has 0 aliphatic heterocycles. The van der Waals surface area contributed by atoms with Crippen LogP contribution in [0.4, 0.5) is 0 Å². The lowest BCUT2D eigenvalue weighted by Gasteiger charge is -2.21. The number of rotatable bonds is 88. The largest absolute Gasteiger partial charge is 0.472 e. The normalized spacial score (nSPS) is 14.0. The fourth-order valence-corrected chi connectivity index (χ4v) is 15.5. The second-order valence-electron chi connectivity index (χ2n) is 32.7. The second-order valence-corrected chi connectivity index (χ2v) is 35.6. The van der Waals surface area contributed by atoms with Crippen LogP contribution < -0.4 is 0 Å². The van der Waals surface area contributed by atoms with Gasteiger partial charge in [0.05, 0.1) is 26.4 Å². The van der Waals surface area contributed by atoms with Gasteiger partial charge in [0.2, 0.25) is 0 Å². The Hall–Kier alpha value is -1.94. The highest BCUT2D eigenvalue weighted by molar-refractivity contribution is 7.47. The van der Waals surface area contributed by atoms with Crippen molar-refractivity contribution >= 4 is 39.5 Å². The Morgan fingerprint density at radius 1 is 0.269 bits per heavy atom. The van der Waals surface area contributed by atoms with E-state index in [1.807, 2.05) is 0 Å². The summed E-state index contributed by atoms with van der Waals surface area (Å²) >= 11 is 0. The number of unbranched alkanes of at least 4 members (excludes halogenated alkanes) is 57. The molecule has 17 nitrogen and oxygen atoms in total. The van der Waals surface area contributed by atoms with Gasteiger partial charge in [0, 0.05) is 25.7 Å². The summed E-state index contributed by atoms with van der Waals surface area (Å²) < 4.78 is 69.0. The lowest BCUT2D eigenvalue weighted by molar-refractivity contribution is -0.161. The van der Waals surface area contributed by atoms with Gasteiger partial charge >= 0.3 is 39.5 Å². The number of hydrogen-bond donors (Lipinski definition) is 3. The number of ether oxygens (including phenoxy) is 4. The summed E-state index contributed by atoms with van der Waals surface area (Å²) in [4.78, 5) is 73.4. The Labute approximate surface area is 664 Å². The number of hydrogen-bond acceptors (Lipinski definition) is 15. The van der Waals surface area contributed by atoms with Gasteiger partial charge in [-0.25, -0.2) is 9.13 Å². The highest BCUT2D eigenvalue weighted by atomic mass is 31.2. The average Bonchev–Trinajstić information content (AvgIpc) is 0.899. The minimum Gasteiger partial charge on any atom is -0.462 e. The monoisotopic (exact) mass is 1580 g/mol. The van der Waals surface area contributed by atoms with E-state index in [0.717, 1.165) is 102 Å². The van der Waals surface area contributed by atoms with Crippen molar-refractivity contribution in [2.75, 3.05) is 39.6 Å². The SMILES string of the molecule is CCCCCCCCCCCCCCCCCC(=O)O[C@H](COC(=O)CCCCCCCCCCCCCCC)COP(=O)(O)OC[C@H](O)COP(=O)(O)OC[C@@H](COC(=O)CCCCCCCCCCCCCCCCCC(C)C)OC(=O)CCCCCCCCCCCCCCCCCCCCC(C)CC. The van der Waals surface area contributed by atoms with Crippen LogP contribution in [0.15, 0.2) is 0 Å². The number of esters is 4. The Morgan fingerprint density at radius 3 is 0.704 bits per heavy atom. The van der Waals surface area contributed by atoms with E-state index in [1.54, 1.807) is 0 Å². The molecule has 0 amide bonds. The molecule has 19 heteroatoms. The van der Waals surface area contributed by atoms with Gasteiger partial charge in [-0.3, -0.25) is 37.3 Å². The molecule has 0 radical (unpaired) electrons. The fraction of sp³-hybridized carbons (Fsp3) is 0.955. The maximum Gasteiger partial charge on any atom is 0.472 e. The topological polar surface area (TPSA) is 237 Å². The van der Waals surface area contributed by atoms with E-state index in [-0.39, 0.29) is 25.7 Å². The summed E-state index contributed by atoms with van der Waals surface area (Å²) in [6, 6.07) is 0. The van der Waals surface area contributed by atoms with E-state index >= 15 is 0 Å². The third kappa shape index (κ3) is 80.7. The maximum atomic E-state index is 13.2. The Balaban J connectivity index is 5.25. The van der Waals surface area contributed by atoms with E-state index in [4.69, 9.17) is 37.0 Å². The van der Waals surface area contributed by atoms with E-state index in [9.17, 15) is 43.2 Å². The molecule has 0 bridgehead atoms. The molecular formula is C89H174O17P2. The van der Waals surface area contributed by atoms with Crippen molar-refractivity contribution in [2.45, 2.75) is 496 Å². The minimum atomic E-state index is -4.97. The standard InChI is InChI=1S/C89H174O17P2/c1-7-10-12-14-16-18-20-22-28-37-43-49-55-61-67-73-88(93)105-84(77-99-86(91)71-65-59-53-47-41-33-21-19-17-15-13-11-8-2)79-103-107(95,96)101-75-83(90)76-102-108(97,98)104-80-85(78-100-87(92)72-66-60-54-48-42-36-32-27-29-34-39-45-51-57-63-69-81(4)5)106-89(94)74-68-62-56-50-44-38-31-26-24-23-25-30-35-40-46-52-58-64-70-82(6)9-3/h81-85,90H,7-80H2,1-6H3,(H,95,96)(H,97,98)/t82?,83-,84+,85+/m0/s1. The molecule has 0 aromatic rings. The number of carbonyl (C=O) groups is 4.